The van der Waals surface area contributed by atoms with Gasteiger partial charge in [0.15, 0.2) is 0 Å². The molecule has 0 spiro atoms. The van der Waals surface area contributed by atoms with Crippen LogP contribution in [0.1, 0.15) is 51.6 Å². The van der Waals surface area contributed by atoms with E-state index < -0.39 is 5.60 Å². The molecule has 0 bridgehead atoms. The minimum atomic E-state index is -0.485. The van der Waals surface area contributed by atoms with Crippen LogP contribution in [0.15, 0.2) is 48.7 Å². The molecule has 0 unspecified atom stereocenters. The van der Waals surface area contributed by atoms with Gasteiger partial charge in [-0.25, -0.2) is 9.78 Å². The predicted molar refractivity (Wildman–Crippen MR) is 103 cm³/mol. The summed E-state index contributed by atoms with van der Waals surface area (Å²) in [6.45, 7) is 6.42. The number of likely N-dealkylation sites (tertiary alicyclic amines) is 1. The monoisotopic (exact) mass is 353 g/mol. The number of pyridine rings is 1. The maximum atomic E-state index is 12.6. The average Bonchev–Trinajstić information content (AvgIpc) is 2.62. The number of para-hydroxylation sites is 1. The summed E-state index contributed by atoms with van der Waals surface area (Å²) in [7, 11) is 0. The number of piperidine rings is 1. The normalized spacial score (nSPS) is 17.7. The molecular formula is C21H27N3O2. The third-order valence-electron chi connectivity index (χ3n) is 4.35. The van der Waals surface area contributed by atoms with Crippen LogP contribution < -0.4 is 5.32 Å². The van der Waals surface area contributed by atoms with Crippen molar-refractivity contribution in [1.29, 1.82) is 0 Å². The van der Waals surface area contributed by atoms with E-state index in [1.54, 1.807) is 0 Å². The molecule has 1 aromatic heterocycles. The number of ether oxygens (including phenoxy) is 1. The van der Waals surface area contributed by atoms with Gasteiger partial charge in [-0.3, -0.25) is 0 Å². The smallest absolute Gasteiger partial charge is 0.410 e. The molecule has 1 aliphatic heterocycles. The summed E-state index contributed by atoms with van der Waals surface area (Å²) in [6.07, 6.45) is 4.67. The number of nitrogens with one attached hydrogen (secondary N) is 1. The van der Waals surface area contributed by atoms with Gasteiger partial charge in [-0.05, 0) is 63.8 Å². The minimum Gasteiger partial charge on any atom is -0.444 e. The molecule has 1 aromatic carbocycles. The highest BCUT2D eigenvalue weighted by Gasteiger charge is 2.31. The molecule has 1 aliphatic rings. The Kier molecular flexibility index (Phi) is 5.45. The highest BCUT2D eigenvalue weighted by atomic mass is 16.6. The van der Waals surface area contributed by atoms with E-state index in [4.69, 9.17) is 4.74 Å². The SMILES string of the molecule is CC(C)(C)OC(=O)N1CCCC[C@@H]1c1ccc(Nc2ccccc2)nc1. The van der Waals surface area contributed by atoms with Gasteiger partial charge in [-0.1, -0.05) is 24.3 Å². The van der Waals surface area contributed by atoms with Gasteiger partial charge >= 0.3 is 6.09 Å². The molecule has 2 heterocycles. The Balaban J connectivity index is 1.72. The fraction of sp³-hybridized carbons (Fsp3) is 0.429. The number of carbonyl (C=O) groups excluding carboxylic acids is 1. The zero-order valence-electron chi connectivity index (χ0n) is 15.7. The van der Waals surface area contributed by atoms with Gasteiger partial charge in [0.05, 0.1) is 6.04 Å². The standard InChI is InChI=1S/C21H27N3O2/c1-21(2,3)26-20(25)24-14-8-7-11-18(24)16-12-13-19(22-15-16)23-17-9-5-4-6-10-17/h4-6,9-10,12-13,15,18H,7-8,11,14H2,1-3H3,(H,22,23)/t18-/m1/s1. The van der Waals surface area contributed by atoms with Crippen molar-refractivity contribution in [3.63, 3.8) is 0 Å². The highest BCUT2D eigenvalue weighted by Crippen LogP contribution is 2.32. The fourth-order valence-corrected chi connectivity index (χ4v) is 3.16. The molecule has 1 amide bonds. The van der Waals surface area contributed by atoms with E-state index in [9.17, 15) is 4.79 Å². The number of hydrogen-bond acceptors (Lipinski definition) is 4. The lowest BCUT2D eigenvalue weighted by Gasteiger charge is -2.36. The van der Waals surface area contributed by atoms with Crippen molar-refractivity contribution in [3.05, 3.63) is 54.2 Å². The average molecular weight is 353 g/mol. The minimum absolute atomic E-state index is 0.0249. The van der Waals surface area contributed by atoms with Crippen molar-refractivity contribution in [3.8, 4) is 0 Å². The first-order valence-electron chi connectivity index (χ1n) is 9.20. The van der Waals surface area contributed by atoms with Gasteiger partial charge in [-0.2, -0.15) is 0 Å². The largest absolute Gasteiger partial charge is 0.444 e. The van der Waals surface area contributed by atoms with Gasteiger partial charge in [0.1, 0.15) is 11.4 Å². The quantitative estimate of drug-likeness (QED) is 0.815. The van der Waals surface area contributed by atoms with Crippen LogP contribution in [0.3, 0.4) is 0 Å². The zero-order chi connectivity index (χ0) is 18.6. The van der Waals surface area contributed by atoms with E-state index in [1.165, 1.54) is 0 Å². The van der Waals surface area contributed by atoms with Gasteiger partial charge in [-0.15, -0.1) is 0 Å². The number of anilines is 2. The second kappa shape index (κ2) is 7.77. The Morgan fingerprint density at radius 2 is 1.92 bits per heavy atom. The summed E-state index contributed by atoms with van der Waals surface area (Å²) < 4.78 is 5.59. The Morgan fingerprint density at radius 1 is 1.15 bits per heavy atom. The van der Waals surface area contributed by atoms with Crippen molar-refractivity contribution in [2.45, 2.75) is 51.7 Å². The Morgan fingerprint density at radius 3 is 2.58 bits per heavy atom. The lowest BCUT2D eigenvalue weighted by atomic mass is 9.97. The van der Waals surface area contributed by atoms with Crippen LogP contribution in [0.2, 0.25) is 0 Å². The van der Waals surface area contributed by atoms with E-state index in [2.05, 4.69) is 10.3 Å². The summed E-state index contributed by atoms with van der Waals surface area (Å²) in [5.41, 5.74) is 1.57. The van der Waals surface area contributed by atoms with Gasteiger partial charge < -0.3 is 15.0 Å². The topological polar surface area (TPSA) is 54.5 Å². The molecule has 5 nitrogen and oxygen atoms in total. The van der Waals surface area contributed by atoms with E-state index in [1.807, 2.05) is 74.3 Å². The molecule has 1 N–H and O–H groups in total. The van der Waals surface area contributed by atoms with Crippen LogP contribution in [-0.4, -0.2) is 28.1 Å². The fourth-order valence-electron chi connectivity index (χ4n) is 3.16. The third kappa shape index (κ3) is 4.75. The van der Waals surface area contributed by atoms with Crippen LogP contribution in [-0.2, 0) is 4.74 Å². The molecule has 5 heteroatoms. The summed E-state index contributed by atoms with van der Waals surface area (Å²) in [5, 5.41) is 3.28. The second-order valence-electron chi connectivity index (χ2n) is 7.65. The number of carbonyl (C=O) groups is 1. The first-order valence-corrected chi connectivity index (χ1v) is 9.20. The Bertz CT molecular complexity index is 723. The maximum absolute atomic E-state index is 12.6. The van der Waals surface area contributed by atoms with Crippen molar-refractivity contribution < 1.29 is 9.53 Å². The molecule has 0 radical (unpaired) electrons. The maximum Gasteiger partial charge on any atom is 0.410 e. The van der Waals surface area contributed by atoms with E-state index in [-0.39, 0.29) is 12.1 Å². The molecule has 1 saturated heterocycles. The molecule has 26 heavy (non-hydrogen) atoms. The predicted octanol–water partition coefficient (Wildman–Crippen LogP) is 5.29. The molecule has 3 rings (SSSR count). The number of nitrogens with zero attached hydrogens (tertiary/aromatic N) is 2. The number of benzene rings is 1. The number of aromatic nitrogens is 1. The first kappa shape index (κ1) is 18.2. The first-order chi connectivity index (χ1) is 12.4. The number of rotatable bonds is 3. The lowest BCUT2D eigenvalue weighted by Crippen LogP contribution is -2.41. The molecule has 1 fully saturated rings. The number of hydrogen-bond donors (Lipinski definition) is 1. The molecule has 0 saturated carbocycles. The Hall–Kier alpha value is -2.56. The summed E-state index contributed by atoms with van der Waals surface area (Å²) >= 11 is 0. The van der Waals surface area contributed by atoms with Gasteiger partial charge in [0.25, 0.3) is 0 Å². The van der Waals surface area contributed by atoms with Crippen molar-refractivity contribution in [2.75, 3.05) is 11.9 Å². The Labute approximate surface area is 155 Å². The molecule has 0 aliphatic carbocycles. The summed E-state index contributed by atoms with van der Waals surface area (Å²) in [4.78, 5) is 18.9. The van der Waals surface area contributed by atoms with Crippen molar-refractivity contribution in [2.24, 2.45) is 0 Å². The van der Waals surface area contributed by atoms with Crippen LogP contribution in [0.4, 0.5) is 16.3 Å². The van der Waals surface area contributed by atoms with Crippen molar-refractivity contribution >= 4 is 17.6 Å². The van der Waals surface area contributed by atoms with Gasteiger partial charge in [0.2, 0.25) is 0 Å². The second-order valence-corrected chi connectivity index (χ2v) is 7.65. The van der Waals surface area contributed by atoms with E-state index >= 15 is 0 Å². The molecule has 138 valence electrons. The summed E-state index contributed by atoms with van der Waals surface area (Å²) in [5.74, 6) is 0.791. The zero-order valence-corrected chi connectivity index (χ0v) is 15.7. The third-order valence-corrected chi connectivity index (χ3v) is 4.35. The van der Waals surface area contributed by atoms with E-state index in [0.29, 0.717) is 0 Å². The van der Waals surface area contributed by atoms with Gasteiger partial charge in [0, 0.05) is 18.4 Å². The van der Waals surface area contributed by atoms with Crippen molar-refractivity contribution in [1.82, 2.24) is 9.88 Å². The molecule has 1 atom stereocenters. The molecular weight excluding hydrogens is 326 g/mol. The summed E-state index contributed by atoms with van der Waals surface area (Å²) in [6, 6.07) is 14.0. The lowest BCUT2D eigenvalue weighted by molar-refractivity contribution is 0.00948. The number of amides is 1. The van der Waals surface area contributed by atoms with Crippen LogP contribution in [0, 0.1) is 0 Å². The van der Waals surface area contributed by atoms with Crippen LogP contribution in [0.5, 0.6) is 0 Å². The van der Waals surface area contributed by atoms with Crippen LogP contribution in [0.25, 0.3) is 0 Å². The highest BCUT2D eigenvalue weighted by molar-refractivity contribution is 5.69. The van der Waals surface area contributed by atoms with E-state index in [0.717, 1.165) is 42.9 Å². The van der Waals surface area contributed by atoms with Crippen LogP contribution >= 0.6 is 0 Å². The molecule has 2 aromatic rings.